The first-order valence-electron chi connectivity index (χ1n) is 13.4. The van der Waals surface area contributed by atoms with Gasteiger partial charge in [-0.2, -0.15) is 0 Å². The van der Waals surface area contributed by atoms with E-state index in [4.69, 9.17) is 0 Å². The number of carbonyl (C=O) groups is 2. The van der Waals surface area contributed by atoms with E-state index in [1.807, 2.05) is 30.3 Å². The number of rotatable bonds is 11. The molecule has 200 valence electrons. The summed E-state index contributed by atoms with van der Waals surface area (Å²) in [6.45, 7) is 4.18. The van der Waals surface area contributed by atoms with Crippen molar-refractivity contribution < 1.29 is 14.0 Å². The molecule has 4 nitrogen and oxygen atoms in total. The average molecular weight is 533 g/mol. The highest BCUT2D eigenvalue weighted by atomic mass is 32.2. The van der Waals surface area contributed by atoms with Crippen molar-refractivity contribution in [3.8, 4) is 0 Å². The minimum absolute atomic E-state index is 0.0468. The summed E-state index contributed by atoms with van der Waals surface area (Å²) in [5.74, 6) is 0.209. The third kappa shape index (κ3) is 7.94. The second-order valence-corrected chi connectivity index (χ2v) is 11.3. The fourth-order valence-electron chi connectivity index (χ4n) is 5.22. The molecule has 3 aromatic carbocycles. The van der Waals surface area contributed by atoms with Crippen LogP contribution in [0.15, 0.2) is 72.8 Å². The topological polar surface area (TPSA) is 49.4 Å². The molecule has 0 spiro atoms. The summed E-state index contributed by atoms with van der Waals surface area (Å²) >= 11 is 1.53. The summed E-state index contributed by atoms with van der Waals surface area (Å²) in [5.41, 5.74) is 4.93. The number of hydrogen-bond donors (Lipinski definition) is 1. The highest BCUT2D eigenvalue weighted by molar-refractivity contribution is 7.99. The van der Waals surface area contributed by atoms with Crippen molar-refractivity contribution in [3.05, 3.63) is 106 Å². The normalized spacial score (nSPS) is 14.3. The third-order valence-corrected chi connectivity index (χ3v) is 8.04. The Hall–Kier alpha value is -3.12. The lowest BCUT2D eigenvalue weighted by Gasteiger charge is -2.32. The van der Waals surface area contributed by atoms with E-state index in [1.54, 1.807) is 23.1 Å². The SMILES string of the molecule is Cc1cc(C)cc(CSCC(=O)N(Cc2ccccc2F)[C@@H](Cc2ccccc2)C(=O)NC2CCCC2)c1. The lowest BCUT2D eigenvalue weighted by atomic mass is 10.0. The smallest absolute Gasteiger partial charge is 0.243 e. The predicted molar refractivity (Wildman–Crippen MR) is 153 cm³/mol. The summed E-state index contributed by atoms with van der Waals surface area (Å²) in [5, 5.41) is 3.20. The van der Waals surface area contributed by atoms with Crippen molar-refractivity contribution in [1.82, 2.24) is 10.2 Å². The molecule has 0 radical (unpaired) electrons. The molecule has 0 heterocycles. The summed E-state index contributed by atoms with van der Waals surface area (Å²) in [6.07, 6.45) is 4.48. The Morgan fingerprint density at radius 1 is 0.947 bits per heavy atom. The Morgan fingerprint density at radius 3 is 2.29 bits per heavy atom. The molecule has 0 aromatic heterocycles. The van der Waals surface area contributed by atoms with Crippen LogP contribution in [0, 0.1) is 19.7 Å². The summed E-state index contributed by atoms with van der Waals surface area (Å²) in [6, 6.07) is 22.0. The van der Waals surface area contributed by atoms with E-state index in [0.717, 1.165) is 31.2 Å². The number of carbonyl (C=O) groups excluding carboxylic acids is 2. The van der Waals surface area contributed by atoms with Gasteiger partial charge in [-0.15, -0.1) is 11.8 Å². The summed E-state index contributed by atoms with van der Waals surface area (Å²) in [4.78, 5) is 29.0. The van der Waals surface area contributed by atoms with Crippen molar-refractivity contribution in [2.75, 3.05) is 5.75 Å². The molecule has 3 aromatic rings. The van der Waals surface area contributed by atoms with Crippen molar-refractivity contribution in [2.45, 2.75) is 70.3 Å². The lowest BCUT2D eigenvalue weighted by molar-refractivity contribution is -0.139. The number of aryl methyl sites for hydroxylation is 2. The van der Waals surface area contributed by atoms with Gasteiger partial charge in [0, 0.05) is 30.3 Å². The molecule has 4 rings (SSSR count). The van der Waals surface area contributed by atoms with Gasteiger partial charge in [0.05, 0.1) is 5.75 Å². The molecule has 1 aliphatic rings. The molecule has 6 heteroatoms. The van der Waals surface area contributed by atoms with Crippen LogP contribution < -0.4 is 5.32 Å². The van der Waals surface area contributed by atoms with Crippen LogP contribution in [-0.2, 0) is 28.3 Å². The van der Waals surface area contributed by atoms with E-state index >= 15 is 0 Å². The number of amides is 2. The second kappa shape index (κ2) is 13.6. The molecular formula is C32H37FN2O2S. The Labute approximate surface area is 230 Å². The van der Waals surface area contributed by atoms with Crippen molar-refractivity contribution in [1.29, 1.82) is 0 Å². The number of halogens is 1. The van der Waals surface area contributed by atoms with Gasteiger partial charge < -0.3 is 10.2 Å². The number of thioether (sulfide) groups is 1. The highest BCUT2D eigenvalue weighted by Gasteiger charge is 2.32. The van der Waals surface area contributed by atoms with Crippen LogP contribution in [0.5, 0.6) is 0 Å². The molecule has 0 unspecified atom stereocenters. The predicted octanol–water partition coefficient (Wildman–Crippen LogP) is 6.37. The molecule has 0 aliphatic heterocycles. The van der Waals surface area contributed by atoms with Crippen molar-refractivity contribution >= 4 is 23.6 Å². The van der Waals surface area contributed by atoms with Crippen molar-refractivity contribution in [3.63, 3.8) is 0 Å². The Balaban J connectivity index is 1.57. The van der Waals surface area contributed by atoms with Crippen LogP contribution in [0.1, 0.15) is 53.5 Å². The maximum atomic E-state index is 14.7. The third-order valence-electron chi connectivity index (χ3n) is 7.05. The minimum Gasteiger partial charge on any atom is -0.352 e. The van der Waals surface area contributed by atoms with Gasteiger partial charge in [0.2, 0.25) is 11.8 Å². The van der Waals surface area contributed by atoms with Gasteiger partial charge in [0.25, 0.3) is 0 Å². The van der Waals surface area contributed by atoms with Crippen LogP contribution in [0.25, 0.3) is 0 Å². The van der Waals surface area contributed by atoms with E-state index in [-0.39, 0.29) is 36.0 Å². The molecule has 0 saturated heterocycles. The van der Waals surface area contributed by atoms with Crippen molar-refractivity contribution in [2.24, 2.45) is 0 Å². The monoisotopic (exact) mass is 532 g/mol. The largest absolute Gasteiger partial charge is 0.352 e. The fourth-order valence-corrected chi connectivity index (χ4v) is 6.07. The number of benzene rings is 3. The standard InChI is InChI=1S/C32H37FN2O2S/c1-23-16-24(2)18-26(17-23)21-38-22-31(36)35(20-27-12-6-9-15-29(27)33)30(19-25-10-4-3-5-11-25)32(37)34-28-13-7-8-14-28/h3-6,9-12,15-18,28,30H,7-8,13-14,19-22H2,1-2H3,(H,34,37)/t30-/m0/s1. The van der Waals surface area contributed by atoms with Crippen LogP contribution in [0.2, 0.25) is 0 Å². The van der Waals surface area contributed by atoms with Gasteiger partial charge in [0.15, 0.2) is 0 Å². The molecule has 2 amide bonds. The van der Waals surface area contributed by atoms with E-state index in [0.29, 0.717) is 17.7 Å². The highest BCUT2D eigenvalue weighted by Crippen LogP contribution is 2.22. The molecule has 0 bridgehead atoms. The van der Waals surface area contributed by atoms with E-state index < -0.39 is 6.04 Å². The first-order valence-corrected chi connectivity index (χ1v) is 14.6. The quantitative estimate of drug-likeness (QED) is 0.312. The molecule has 1 N–H and O–H groups in total. The van der Waals surface area contributed by atoms with Gasteiger partial charge in [-0.25, -0.2) is 4.39 Å². The average Bonchev–Trinajstić information content (AvgIpc) is 3.40. The lowest BCUT2D eigenvalue weighted by Crippen LogP contribution is -2.52. The summed E-state index contributed by atoms with van der Waals surface area (Å²) < 4.78 is 14.7. The van der Waals surface area contributed by atoms with Crippen LogP contribution in [0.3, 0.4) is 0 Å². The maximum absolute atomic E-state index is 14.7. The molecule has 38 heavy (non-hydrogen) atoms. The zero-order chi connectivity index (χ0) is 26.9. The summed E-state index contributed by atoms with van der Waals surface area (Å²) in [7, 11) is 0. The molecule has 1 fully saturated rings. The Kier molecular flexibility index (Phi) is 9.99. The van der Waals surface area contributed by atoms with Crippen LogP contribution in [-0.4, -0.2) is 34.6 Å². The molecule has 1 atom stereocenters. The fraction of sp³-hybridized carbons (Fsp3) is 0.375. The van der Waals surface area contributed by atoms with Crippen LogP contribution >= 0.6 is 11.8 Å². The van der Waals surface area contributed by atoms with Gasteiger partial charge >= 0.3 is 0 Å². The van der Waals surface area contributed by atoms with E-state index in [2.05, 4.69) is 37.4 Å². The van der Waals surface area contributed by atoms with Gasteiger partial charge in [-0.3, -0.25) is 9.59 Å². The first kappa shape index (κ1) is 27.9. The maximum Gasteiger partial charge on any atom is 0.243 e. The van der Waals surface area contributed by atoms with Crippen LogP contribution in [0.4, 0.5) is 4.39 Å². The number of nitrogens with one attached hydrogen (secondary N) is 1. The zero-order valence-electron chi connectivity index (χ0n) is 22.3. The first-order chi connectivity index (χ1) is 18.4. The van der Waals surface area contributed by atoms with E-state index in [9.17, 15) is 14.0 Å². The molecule has 1 aliphatic carbocycles. The Bertz CT molecular complexity index is 1210. The molecular weight excluding hydrogens is 495 g/mol. The second-order valence-electron chi connectivity index (χ2n) is 10.3. The number of hydrogen-bond acceptors (Lipinski definition) is 3. The van der Waals surface area contributed by atoms with Gasteiger partial charge in [-0.05, 0) is 43.9 Å². The van der Waals surface area contributed by atoms with Gasteiger partial charge in [0.1, 0.15) is 11.9 Å². The minimum atomic E-state index is -0.730. The van der Waals surface area contributed by atoms with Gasteiger partial charge in [-0.1, -0.05) is 90.7 Å². The Morgan fingerprint density at radius 2 is 1.61 bits per heavy atom. The zero-order valence-corrected chi connectivity index (χ0v) is 23.1. The van der Waals surface area contributed by atoms with E-state index in [1.165, 1.54) is 34.5 Å². The number of nitrogens with zero attached hydrogens (tertiary/aromatic N) is 1. The molecule has 1 saturated carbocycles.